The van der Waals surface area contributed by atoms with Gasteiger partial charge in [0.1, 0.15) is 0 Å². The molecule has 0 aromatic carbocycles. The molecular formula is C19H16BrF3N6OS. The van der Waals surface area contributed by atoms with Gasteiger partial charge in [-0.05, 0) is 40.4 Å². The van der Waals surface area contributed by atoms with Crippen LogP contribution in [-0.4, -0.2) is 42.2 Å². The highest BCUT2D eigenvalue weighted by molar-refractivity contribution is 9.10. The molecule has 7 nitrogen and oxygen atoms in total. The van der Waals surface area contributed by atoms with Gasteiger partial charge in [0.2, 0.25) is 0 Å². The number of halogens is 4. The summed E-state index contributed by atoms with van der Waals surface area (Å²) in [5, 5.41) is 9.89. The van der Waals surface area contributed by atoms with Gasteiger partial charge < -0.3 is 4.90 Å². The van der Waals surface area contributed by atoms with Gasteiger partial charge in [-0.25, -0.2) is 9.50 Å². The van der Waals surface area contributed by atoms with Crippen LogP contribution in [0.1, 0.15) is 28.8 Å². The predicted octanol–water partition coefficient (Wildman–Crippen LogP) is 4.73. The van der Waals surface area contributed by atoms with Gasteiger partial charge in [-0.3, -0.25) is 9.48 Å². The first-order valence-corrected chi connectivity index (χ1v) is 10.8. The highest BCUT2D eigenvalue weighted by atomic mass is 79.9. The molecule has 0 spiro atoms. The molecular weight excluding hydrogens is 497 g/mol. The summed E-state index contributed by atoms with van der Waals surface area (Å²) in [5.74, 6) is -0.521. The minimum atomic E-state index is -4.66. The van der Waals surface area contributed by atoms with Crippen molar-refractivity contribution in [2.45, 2.75) is 26.2 Å². The highest BCUT2D eigenvalue weighted by Gasteiger charge is 2.36. The molecule has 4 aromatic heterocycles. The van der Waals surface area contributed by atoms with Gasteiger partial charge in [-0.2, -0.15) is 23.4 Å². The SMILES string of the molecule is CCn1ncc(Br)c1CN(C)C(=O)c1cc2nc(-c3cccs3)cc(C(F)(F)F)n2n1. The molecule has 0 unspecified atom stereocenters. The van der Waals surface area contributed by atoms with Crippen LogP contribution in [-0.2, 0) is 19.3 Å². The maximum Gasteiger partial charge on any atom is 0.433 e. The molecule has 4 aromatic rings. The second-order valence-corrected chi connectivity index (χ2v) is 8.52. The van der Waals surface area contributed by atoms with Crippen LogP contribution in [0.2, 0.25) is 0 Å². The van der Waals surface area contributed by atoms with E-state index in [-0.39, 0.29) is 23.6 Å². The average Bonchev–Trinajstić information content (AvgIpc) is 3.46. The topological polar surface area (TPSA) is 68.3 Å². The van der Waals surface area contributed by atoms with Crippen LogP contribution in [0.4, 0.5) is 13.2 Å². The molecule has 1 amide bonds. The van der Waals surface area contributed by atoms with E-state index in [9.17, 15) is 18.0 Å². The minimum absolute atomic E-state index is 0.0465. The zero-order valence-corrected chi connectivity index (χ0v) is 18.8. The van der Waals surface area contributed by atoms with Crippen LogP contribution in [0, 0.1) is 0 Å². The highest BCUT2D eigenvalue weighted by Crippen LogP contribution is 2.33. The number of fused-ring (bicyclic) bond motifs is 1. The summed E-state index contributed by atoms with van der Waals surface area (Å²) >= 11 is 4.68. The summed E-state index contributed by atoms with van der Waals surface area (Å²) in [5.41, 5.74) is -0.208. The van der Waals surface area contributed by atoms with E-state index in [2.05, 4.69) is 31.1 Å². The number of alkyl halides is 3. The number of hydrogen-bond donors (Lipinski definition) is 0. The Morgan fingerprint density at radius 3 is 2.74 bits per heavy atom. The van der Waals surface area contributed by atoms with Crippen molar-refractivity contribution in [2.75, 3.05) is 7.05 Å². The van der Waals surface area contributed by atoms with E-state index in [1.165, 1.54) is 22.3 Å². The largest absolute Gasteiger partial charge is 0.433 e. The molecule has 0 radical (unpaired) electrons. The quantitative estimate of drug-likeness (QED) is 0.387. The summed E-state index contributed by atoms with van der Waals surface area (Å²) in [4.78, 5) is 19.2. The third-order valence-corrected chi connectivity index (χ3v) is 6.20. The number of rotatable bonds is 5. The van der Waals surface area contributed by atoms with Crippen LogP contribution in [0.25, 0.3) is 16.2 Å². The van der Waals surface area contributed by atoms with Crippen molar-refractivity contribution < 1.29 is 18.0 Å². The Hall–Kier alpha value is -2.73. The molecule has 0 bridgehead atoms. The molecule has 31 heavy (non-hydrogen) atoms. The molecule has 0 N–H and O–H groups in total. The Kier molecular flexibility index (Phi) is 5.60. The van der Waals surface area contributed by atoms with Gasteiger partial charge in [-0.15, -0.1) is 11.3 Å². The zero-order chi connectivity index (χ0) is 22.3. The van der Waals surface area contributed by atoms with Gasteiger partial charge in [0, 0.05) is 19.7 Å². The van der Waals surface area contributed by atoms with E-state index in [4.69, 9.17) is 0 Å². The Bertz CT molecular complexity index is 1250. The zero-order valence-electron chi connectivity index (χ0n) is 16.4. The number of amides is 1. The predicted molar refractivity (Wildman–Crippen MR) is 113 cm³/mol. The molecule has 0 aliphatic heterocycles. The lowest BCUT2D eigenvalue weighted by Crippen LogP contribution is -2.28. The Morgan fingerprint density at radius 2 is 2.10 bits per heavy atom. The van der Waals surface area contributed by atoms with Crippen LogP contribution >= 0.6 is 27.3 Å². The van der Waals surface area contributed by atoms with E-state index in [0.717, 1.165) is 16.2 Å². The number of thiophene rings is 1. The van der Waals surface area contributed by atoms with E-state index >= 15 is 0 Å². The van der Waals surface area contributed by atoms with Crippen molar-refractivity contribution in [1.82, 2.24) is 29.3 Å². The van der Waals surface area contributed by atoms with Crippen molar-refractivity contribution in [1.29, 1.82) is 0 Å². The fourth-order valence-corrected chi connectivity index (χ4v) is 4.25. The third-order valence-electron chi connectivity index (χ3n) is 4.64. The van der Waals surface area contributed by atoms with Crippen LogP contribution in [0.3, 0.4) is 0 Å². The lowest BCUT2D eigenvalue weighted by Gasteiger charge is -2.17. The van der Waals surface area contributed by atoms with Gasteiger partial charge in [0.25, 0.3) is 5.91 Å². The Balaban J connectivity index is 1.72. The summed E-state index contributed by atoms with van der Waals surface area (Å²) in [6, 6.07) is 5.64. The van der Waals surface area contributed by atoms with Crippen molar-refractivity contribution in [2.24, 2.45) is 0 Å². The fourth-order valence-electron chi connectivity index (χ4n) is 3.14. The summed E-state index contributed by atoms with van der Waals surface area (Å²) in [7, 11) is 1.56. The molecule has 12 heteroatoms. The van der Waals surface area contributed by atoms with Crippen LogP contribution in [0.15, 0.2) is 40.3 Å². The number of carbonyl (C=O) groups excluding carboxylic acids is 1. The molecule has 4 rings (SSSR count). The van der Waals surface area contributed by atoms with Gasteiger partial charge in [-0.1, -0.05) is 6.07 Å². The first-order chi connectivity index (χ1) is 14.7. The summed E-state index contributed by atoms with van der Waals surface area (Å²) in [6.07, 6.45) is -3.03. The third kappa shape index (κ3) is 4.09. The van der Waals surface area contributed by atoms with Crippen molar-refractivity contribution >= 4 is 38.8 Å². The number of nitrogens with zero attached hydrogens (tertiary/aromatic N) is 6. The standard InChI is InChI=1S/C19H16BrF3N6OS/c1-3-28-14(11(20)9-24-28)10-27(2)18(30)13-8-17-25-12(15-5-4-6-31-15)7-16(19(21,22)23)29(17)26-13/h4-9H,3,10H2,1-2H3. The molecule has 162 valence electrons. The molecule has 0 aliphatic carbocycles. The van der Waals surface area contributed by atoms with Crippen molar-refractivity contribution in [3.8, 4) is 10.6 Å². The Morgan fingerprint density at radius 1 is 1.32 bits per heavy atom. The first-order valence-electron chi connectivity index (χ1n) is 9.16. The maximum absolute atomic E-state index is 13.7. The lowest BCUT2D eigenvalue weighted by atomic mass is 10.2. The lowest BCUT2D eigenvalue weighted by molar-refractivity contribution is -0.142. The number of aryl methyl sites for hydroxylation is 1. The fraction of sp³-hybridized carbons (Fsp3) is 0.263. The van der Waals surface area contributed by atoms with E-state index in [1.807, 2.05) is 6.92 Å². The summed E-state index contributed by atoms with van der Waals surface area (Å²) < 4.78 is 44.2. The normalized spacial score (nSPS) is 11.9. The van der Waals surface area contributed by atoms with Crippen molar-refractivity contribution in [3.05, 3.63) is 57.4 Å². The molecule has 0 atom stereocenters. The minimum Gasteiger partial charge on any atom is -0.334 e. The van der Waals surface area contributed by atoms with Crippen LogP contribution < -0.4 is 0 Å². The average molecular weight is 513 g/mol. The first kappa shape index (κ1) is 21.5. The molecule has 0 saturated carbocycles. The van der Waals surface area contributed by atoms with Crippen molar-refractivity contribution in [3.63, 3.8) is 0 Å². The second kappa shape index (κ2) is 8.08. The molecule has 0 aliphatic rings. The van der Waals surface area contributed by atoms with Gasteiger partial charge in [0.15, 0.2) is 17.0 Å². The van der Waals surface area contributed by atoms with E-state index in [0.29, 0.717) is 15.9 Å². The van der Waals surface area contributed by atoms with E-state index in [1.54, 1.807) is 35.4 Å². The van der Waals surface area contributed by atoms with Gasteiger partial charge in [0.05, 0.1) is 33.5 Å². The summed E-state index contributed by atoms with van der Waals surface area (Å²) in [6.45, 7) is 2.74. The molecule has 0 saturated heterocycles. The number of hydrogen-bond acceptors (Lipinski definition) is 5. The smallest absolute Gasteiger partial charge is 0.334 e. The van der Waals surface area contributed by atoms with Crippen LogP contribution in [0.5, 0.6) is 0 Å². The number of aromatic nitrogens is 5. The Labute approximate surface area is 187 Å². The monoisotopic (exact) mass is 512 g/mol. The molecule has 0 fully saturated rings. The maximum atomic E-state index is 13.7. The second-order valence-electron chi connectivity index (χ2n) is 6.72. The molecule has 4 heterocycles. The van der Waals surface area contributed by atoms with E-state index < -0.39 is 17.8 Å². The number of carbonyl (C=O) groups is 1. The van der Waals surface area contributed by atoms with Gasteiger partial charge >= 0.3 is 6.18 Å².